The molecule has 0 amide bonds. The Bertz CT molecular complexity index is 1170. The molecule has 3 aromatic heterocycles. The Kier molecular flexibility index (Phi) is 5.61. The summed E-state index contributed by atoms with van der Waals surface area (Å²) in [6.45, 7) is 3.92. The van der Waals surface area contributed by atoms with Crippen molar-refractivity contribution in [3.05, 3.63) is 45.8 Å². The largest absolute Gasteiger partial charge is 0.474 e. The highest BCUT2D eigenvalue weighted by atomic mass is 127. The summed E-state index contributed by atoms with van der Waals surface area (Å²) in [6.07, 6.45) is 5.77. The first-order valence-electron chi connectivity index (χ1n) is 9.26. The van der Waals surface area contributed by atoms with Crippen molar-refractivity contribution < 1.29 is 14.1 Å². The number of H-pyrrole nitrogens is 1. The standard InChI is InChI=1S/C21H19IN4O3/c1-12(2)28-21-17(22)9-14(11-24-21)20-25-19(26-29-20)16-7-3-6-15-13(5-4-8-27)10-23-18(15)16/h3,6-12,23H,4-5H2,1-2H3. The lowest BCUT2D eigenvalue weighted by Gasteiger charge is -2.10. The highest BCUT2D eigenvalue weighted by Gasteiger charge is 2.17. The van der Waals surface area contributed by atoms with Crippen molar-refractivity contribution in [2.24, 2.45) is 0 Å². The Labute approximate surface area is 181 Å². The molecule has 1 aromatic carbocycles. The summed E-state index contributed by atoms with van der Waals surface area (Å²) in [5.41, 5.74) is 3.60. The van der Waals surface area contributed by atoms with Crippen LogP contribution in [0.15, 0.2) is 41.2 Å². The van der Waals surface area contributed by atoms with E-state index < -0.39 is 0 Å². The van der Waals surface area contributed by atoms with Gasteiger partial charge in [0.05, 0.1) is 20.8 Å². The number of para-hydroxylation sites is 1. The molecule has 0 fully saturated rings. The summed E-state index contributed by atoms with van der Waals surface area (Å²) in [7, 11) is 0. The van der Waals surface area contributed by atoms with Crippen molar-refractivity contribution >= 4 is 39.8 Å². The van der Waals surface area contributed by atoms with Gasteiger partial charge in [0.1, 0.15) is 6.29 Å². The molecule has 148 valence electrons. The minimum atomic E-state index is 0.0505. The minimum Gasteiger partial charge on any atom is -0.474 e. The SMILES string of the molecule is CC(C)Oc1ncc(-c2nc(-c3cccc4c(CCC=O)c[nH]c34)no2)cc1I. The van der Waals surface area contributed by atoms with Gasteiger partial charge in [-0.15, -0.1) is 0 Å². The molecule has 7 nitrogen and oxygen atoms in total. The highest BCUT2D eigenvalue weighted by molar-refractivity contribution is 14.1. The second-order valence-corrected chi connectivity index (χ2v) is 8.01. The van der Waals surface area contributed by atoms with E-state index in [4.69, 9.17) is 9.26 Å². The number of fused-ring (bicyclic) bond motifs is 1. The fourth-order valence-electron chi connectivity index (χ4n) is 3.12. The van der Waals surface area contributed by atoms with Crippen LogP contribution in [-0.2, 0) is 11.2 Å². The van der Waals surface area contributed by atoms with Crippen molar-refractivity contribution in [1.82, 2.24) is 20.1 Å². The third-order valence-electron chi connectivity index (χ3n) is 4.40. The predicted octanol–water partition coefficient (Wildman–Crippen LogP) is 4.80. The zero-order chi connectivity index (χ0) is 20.4. The summed E-state index contributed by atoms with van der Waals surface area (Å²) < 4.78 is 12.0. The number of hydrogen-bond donors (Lipinski definition) is 1. The molecule has 0 bridgehead atoms. The van der Waals surface area contributed by atoms with Gasteiger partial charge in [-0.25, -0.2) is 4.98 Å². The molecule has 4 aromatic rings. The molecule has 0 spiro atoms. The number of nitrogens with zero attached hydrogens (tertiary/aromatic N) is 3. The zero-order valence-corrected chi connectivity index (χ0v) is 18.1. The van der Waals surface area contributed by atoms with E-state index in [2.05, 4.69) is 42.7 Å². The Hall–Kier alpha value is -2.75. The maximum atomic E-state index is 10.7. The number of aldehydes is 1. The van der Waals surface area contributed by atoms with E-state index in [9.17, 15) is 4.79 Å². The first-order chi connectivity index (χ1) is 14.1. The third-order valence-corrected chi connectivity index (χ3v) is 5.17. The molecule has 0 aliphatic rings. The molecule has 0 saturated heterocycles. The predicted molar refractivity (Wildman–Crippen MR) is 118 cm³/mol. The first-order valence-corrected chi connectivity index (χ1v) is 10.3. The molecule has 0 aliphatic heterocycles. The number of aromatic nitrogens is 4. The van der Waals surface area contributed by atoms with Gasteiger partial charge in [0.2, 0.25) is 11.7 Å². The van der Waals surface area contributed by atoms with Crippen molar-refractivity contribution in [1.29, 1.82) is 0 Å². The molecule has 0 unspecified atom stereocenters. The van der Waals surface area contributed by atoms with Gasteiger partial charge < -0.3 is 19.0 Å². The van der Waals surface area contributed by atoms with Crippen LogP contribution in [0.25, 0.3) is 33.7 Å². The van der Waals surface area contributed by atoms with Crippen LogP contribution in [0, 0.1) is 3.57 Å². The summed E-state index contributed by atoms with van der Waals surface area (Å²) in [5, 5.41) is 5.22. The first kappa shape index (κ1) is 19.6. The fraction of sp³-hybridized carbons (Fsp3) is 0.238. The normalized spacial score (nSPS) is 11.3. The topological polar surface area (TPSA) is 93.9 Å². The van der Waals surface area contributed by atoms with Crippen LogP contribution in [0.3, 0.4) is 0 Å². The molecule has 0 radical (unpaired) electrons. The summed E-state index contributed by atoms with van der Waals surface area (Å²) in [5.74, 6) is 1.47. The van der Waals surface area contributed by atoms with E-state index in [1.165, 1.54) is 0 Å². The maximum absolute atomic E-state index is 10.7. The Morgan fingerprint density at radius 2 is 2.21 bits per heavy atom. The number of hydrogen-bond acceptors (Lipinski definition) is 6. The van der Waals surface area contributed by atoms with E-state index in [1.807, 2.05) is 44.3 Å². The number of nitrogens with one attached hydrogen (secondary N) is 1. The van der Waals surface area contributed by atoms with Gasteiger partial charge in [-0.05, 0) is 60.6 Å². The van der Waals surface area contributed by atoms with Crippen LogP contribution in [0.5, 0.6) is 5.88 Å². The zero-order valence-electron chi connectivity index (χ0n) is 16.0. The Morgan fingerprint density at radius 1 is 1.34 bits per heavy atom. The second kappa shape index (κ2) is 8.32. The van der Waals surface area contributed by atoms with Crippen LogP contribution >= 0.6 is 22.6 Å². The highest BCUT2D eigenvalue weighted by Crippen LogP contribution is 2.31. The Morgan fingerprint density at radius 3 is 2.97 bits per heavy atom. The number of carbonyl (C=O) groups is 1. The quantitative estimate of drug-likeness (QED) is 0.288. The summed E-state index contributed by atoms with van der Waals surface area (Å²) in [4.78, 5) is 22.9. The number of aromatic amines is 1. The number of benzene rings is 1. The number of rotatable bonds is 7. The van der Waals surface area contributed by atoms with Gasteiger partial charge in [0, 0.05) is 29.8 Å². The fourth-order valence-corrected chi connectivity index (χ4v) is 3.72. The van der Waals surface area contributed by atoms with Crippen LogP contribution < -0.4 is 4.74 Å². The molecular formula is C21H19IN4O3. The molecule has 29 heavy (non-hydrogen) atoms. The van der Waals surface area contributed by atoms with Gasteiger partial charge in [-0.2, -0.15) is 4.98 Å². The van der Waals surface area contributed by atoms with E-state index >= 15 is 0 Å². The van der Waals surface area contributed by atoms with Crippen LogP contribution in [0.1, 0.15) is 25.8 Å². The average Bonchev–Trinajstić information content (AvgIpc) is 3.35. The number of halogens is 1. The van der Waals surface area contributed by atoms with Gasteiger partial charge in [-0.1, -0.05) is 17.3 Å². The van der Waals surface area contributed by atoms with E-state index in [-0.39, 0.29) is 6.10 Å². The van der Waals surface area contributed by atoms with Gasteiger partial charge >= 0.3 is 0 Å². The lowest BCUT2D eigenvalue weighted by molar-refractivity contribution is -0.107. The van der Waals surface area contributed by atoms with E-state index in [0.717, 1.165) is 37.4 Å². The monoisotopic (exact) mass is 502 g/mol. The molecule has 0 aliphatic carbocycles. The van der Waals surface area contributed by atoms with Crippen molar-refractivity contribution in [2.75, 3.05) is 0 Å². The van der Waals surface area contributed by atoms with Crippen LogP contribution in [0.2, 0.25) is 0 Å². The van der Waals surface area contributed by atoms with Crippen LogP contribution in [0.4, 0.5) is 0 Å². The average molecular weight is 502 g/mol. The molecule has 0 atom stereocenters. The minimum absolute atomic E-state index is 0.0505. The van der Waals surface area contributed by atoms with Crippen LogP contribution in [-0.4, -0.2) is 32.5 Å². The molecule has 3 heterocycles. The van der Waals surface area contributed by atoms with Crippen molar-refractivity contribution in [2.45, 2.75) is 32.8 Å². The number of carbonyl (C=O) groups excluding carboxylic acids is 1. The Balaban J connectivity index is 1.67. The number of pyridine rings is 1. The molecule has 1 N–H and O–H groups in total. The lowest BCUT2D eigenvalue weighted by Crippen LogP contribution is -2.08. The molecule has 0 saturated carbocycles. The smallest absolute Gasteiger partial charge is 0.259 e. The third kappa shape index (κ3) is 4.02. The second-order valence-electron chi connectivity index (χ2n) is 6.85. The number of ether oxygens (including phenoxy) is 1. The molecular weight excluding hydrogens is 483 g/mol. The van der Waals surface area contributed by atoms with Gasteiger partial charge in [0.25, 0.3) is 5.89 Å². The maximum Gasteiger partial charge on any atom is 0.259 e. The summed E-state index contributed by atoms with van der Waals surface area (Å²) in [6, 6.07) is 7.83. The molecule has 4 rings (SSSR count). The van der Waals surface area contributed by atoms with E-state index in [0.29, 0.717) is 30.4 Å². The summed E-state index contributed by atoms with van der Waals surface area (Å²) >= 11 is 2.18. The molecule has 8 heteroatoms. The van der Waals surface area contributed by atoms with Crippen molar-refractivity contribution in [3.63, 3.8) is 0 Å². The van der Waals surface area contributed by atoms with Crippen molar-refractivity contribution in [3.8, 4) is 28.7 Å². The number of aryl methyl sites for hydroxylation is 1. The lowest BCUT2D eigenvalue weighted by atomic mass is 10.1. The van der Waals surface area contributed by atoms with E-state index in [1.54, 1.807) is 6.20 Å². The van der Waals surface area contributed by atoms with Gasteiger partial charge in [-0.3, -0.25) is 0 Å². The van der Waals surface area contributed by atoms with Gasteiger partial charge in [0.15, 0.2) is 0 Å².